The summed E-state index contributed by atoms with van der Waals surface area (Å²) >= 11 is 0. The lowest BCUT2D eigenvalue weighted by atomic mass is 10.1. The number of rotatable bonds is 2. The third-order valence-corrected chi connectivity index (χ3v) is 6.04. The maximum absolute atomic E-state index is 12.9. The van der Waals surface area contributed by atoms with Gasteiger partial charge in [0, 0.05) is 35.8 Å². The van der Waals surface area contributed by atoms with Crippen LogP contribution in [0.2, 0.25) is 0 Å². The van der Waals surface area contributed by atoms with Gasteiger partial charge in [-0.3, -0.25) is 4.98 Å². The Morgan fingerprint density at radius 3 is 2.90 bits per heavy atom. The van der Waals surface area contributed by atoms with E-state index in [1.54, 1.807) is 34.9 Å². The molecule has 2 heterocycles. The molecule has 0 amide bonds. The van der Waals surface area contributed by atoms with Crippen molar-refractivity contribution in [3.05, 3.63) is 36.7 Å². The van der Waals surface area contributed by atoms with Gasteiger partial charge >= 0.3 is 0 Å². The zero-order valence-electron chi connectivity index (χ0n) is 11.5. The average molecular weight is 290 g/mol. The van der Waals surface area contributed by atoms with Gasteiger partial charge in [0.25, 0.3) is 0 Å². The molecule has 1 aliphatic heterocycles. The Morgan fingerprint density at radius 2 is 2.10 bits per heavy atom. The van der Waals surface area contributed by atoms with E-state index in [1.807, 2.05) is 13.0 Å². The van der Waals surface area contributed by atoms with Crippen LogP contribution in [-0.2, 0) is 10.0 Å². The fourth-order valence-electron chi connectivity index (χ4n) is 2.87. The van der Waals surface area contributed by atoms with Crippen molar-refractivity contribution in [2.75, 3.05) is 6.54 Å². The maximum atomic E-state index is 12.9. The molecule has 1 aromatic carbocycles. The van der Waals surface area contributed by atoms with E-state index >= 15 is 0 Å². The maximum Gasteiger partial charge on any atom is 0.243 e. The Balaban J connectivity index is 2.14. The van der Waals surface area contributed by atoms with Crippen LogP contribution in [0.1, 0.15) is 26.2 Å². The minimum atomic E-state index is -3.43. The van der Waals surface area contributed by atoms with Gasteiger partial charge in [0.1, 0.15) is 0 Å². The second-order valence-electron chi connectivity index (χ2n) is 5.31. The van der Waals surface area contributed by atoms with Crippen LogP contribution < -0.4 is 0 Å². The van der Waals surface area contributed by atoms with E-state index in [2.05, 4.69) is 4.98 Å². The minimum Gasteiger partial charge on any atom is -0.264 e. The summed E-state index contributed by atoms with van der Waals surface area (Å²) in [6.45, 7) is 2.61. The quantitative estimate of drug-likeness (QED) is 0.854. The molecule has 1 aromatic heterocycles. The lowest BCUT2D eigenvalue weighted by Gasteiger charge is -2.32. The lowest BCUT2D eigenvalue weighted by Crippen LogP contribution is -2.41. The standard InChI is InChI=1S/C15H18N2O2S/c1-12-5-2-3-10-17(12)20(18,19)15-7-4-6-13-11-16-9-8-14(13)15/h4,6-9,11-12H,2-3,5,10H2,1H3. The van der Waals surface area contributed by atoms with Gasteiger partial charge in [-0.1, -0.05) is 18.6 Å². The van der Waals surface area contributed by atoms with Crippen molar-refractivity contribution in [1.29, 1.82) is 0 Å². The second-order valence-corrected chi connectivity index (χ2v) is 7.17. The highest BCUT2D eigenvalue weighted by molar-refractivity contribution is 7.89. The van der Waals surface area contributed by atoms with Crippen molar-refractivity contribution < 1.29 is 8.42 Å². The van der Waals surface area contributed by atoms with Crippen LogP contribution in [-0.4, -0.2) is 30.3 Å². The number of benzene rings is 1. The molecule has 5 heteroatoms. The van der Waals surface area contributed by atoms with E-state index in [9.17, 15) is 8.42 Å². The van der Waals surface area contributed by atoms with Gasteiger partial charge < -0.3 is 0 Å². The third-order valence-electron chi connectivity index (χ3n) is 3.97. The van der Waals surface area contributed by atoms with E-state index in [-0.39, 0.29) is 6.04 Å². The molecule has 1 aliphatic rings. The van der Waals surface area contributed by atoms with E-state index in [0.717, 1.165) is 30.0 Å². The number of pyridine rings is 1. The number of hydrogen-bond acceptors (Lipinski definition) is 3. The van der Waals surface area contributed by atoms with Crippen molar-refractivity contribution in [2.24, 2.45) is 0 Å². The van der Waals surface area contributed by atoms with Crippen LogP contribution in [0.15, 0.2) is 41.6 Å². The topological polar surface area (TPSA) is 50.3 Å². The van der Waals surface area contributed by atoms with Crippen LogP contribution >= 0.6 is 0 Å². The highest BCUT2D eigenvalue weighted by Gasteiger charge is 2.31. The summed E-state index contributed by atoms with van der Waals surface area (Å²) in [5.41, 5.74) is 0. The Morgan fingerprint density at radius 1 is 1.25 bits per heavy atom. The molecule has 1 saturated heterocycles. The zero-order valence-corrected chi connectivity index (χ0v) is 12.3. The number of fused-ring (bicyclic) bond motifs is 1. The van der Waals surface area contributed by atoms with Crippen LogP contribution in [0.3, 0.4) is 0 Å². The Kier molecular flexibility index (Phi) is 3.48. The fraction of sp³-hybridized carbons (Fsp3) is 0.400. The van der Waals surface area contributed by atoms with Gasteiger partial charge in [-0.25, -0.2) is 8.42 Å². The molecule has 0 saturated carbocycles. The van der Waals surface area contributed by atoms with Crippen LogP contribution in [0.5, 0.6) is 0 Å². The molecule has 0 spiro atoms. The van der Waals surface area contributed by atoms with E-state index in [1.165, 1.54) is 0 Å². The molecular formula is C15H18N2O2S. The summed E-state index contributed by atoms with van der Waals surface area (Å²) < 4.78 is 27.5. The molecule has 1 atom stereocenters. The highest BCUT2D eigenvalue weighted by Crippen LogP contribution is 2.29. The Bertz CT molecular complexity index is 722. The van der Waals surface area contributed by atoms with Crippen molar-refractivity contribution in [1.82, 2.24) is 9.29 Å². The van der Waals surface area contributed by atoms with Gasteiger partial charge in [-0.15, -0.1) is 0 Å². The summed E-state index contributed by atoms with van der Waals surface area (Å²) in [5.74, 6) is 0. The molecular weight excluding hydrogens is 272 g/mol. The number of sulfonamides is 1. The summed E-state index contributed by atoms with van der Waals surface area (Å²) in [4.78, 5) is 4.45. The molecule has 1 unspecified atom stereocenters. The first kappa shape index (κ1) is 13.5. The van der Waals surface area contributed by atoms with E-state index in [4.69, 9.17) is 0 Å². The van der Waals surface area contributed by atoms with Gasteiger partial charge in [-0.05, 0) is 31.9 Å². The molecule has 3 rings (SSSR count). The fourth-order valence-corrected chi connectivity index (χ4v) is 4.79. The molecule has 106 valence electrons. The molecule has 0 bridgehead atoms. The van der Waals surface area contributed by atoms with Crippen molar-refractivity contribution in [3.8, 4) is 0 Å². The number of piperidine rings is 1. The van der Waals surface area contributed by atoms with Crippen LogP contribution in [0, 0.1) is 0 Å². The molecule has 20 heavy (non-hydrogen) atoms. The summed E-state index contributed by atoms with van der Waals surface area (Å²) in [7, 11) is -3.43. The predicted molar refractivity (Wildman–Crippen MR) is 78.9 cm³/mol. The predicted octanol–water partition coefficient (Wildman–Crippen LogP) is 2.80. The number of nitrogens with zero attached hydrogens (tertiary/aromatic N) is 2. The van der Waals surface area contributed by atoms with Gasteiger partial charge in [-0.2, -0.15) is 4.31 Å². The summed E-state index contributed by atoms with van der Waals surface area (Å²) in [6.07, 6.45) is 6.32. The normalized spacial score (nSPS) is 21.1. The lowest BCUT2D eigenvalue weighted by molar-refractivity contribution is 0.269. The van der Waals surface area contributed by atoms with Gasteiger partial charge in [0.2, 0.25) is 10.0 Å². The average Bonchev–Trinajstić information content (AvgIpc) is 2.47. The van der Waals surface area contributed by atoms with Gasteiger partial charge in [0.05, 0.1) is 4.90 Å². The first-order chi connectivity index (χ1) is 9.60. The first-order valence-electron chi connectivity index (χ1n) is 6.95. The van der Waals surface area contributed by atoms with Gasteiger partial charge in [0.15, 0.2) is 0 Å². The van der Waals surface area contributed by atoms with Crippen LogP contribution in [0.25, 0.3) is 10.8 Å². The molecule has 4 nitrogen and oxygen atoms in total. The number of aromatic nitrogens is 1. The Labute approximate surface area is 119 Å². The van der Waals surface area contributed by atoms with Crippen molar-refractivity contribution in [2.45, 2.75) is 37.1 Å². The monoisotopic (exact) mass is 290 g/mol. The highest BCUT2D eigenvalue weighted by atomic mass is 32.2. The molecule has 0 aliphatic carbocycles. The Hall–Kier alpha value is -1.46. The molecule has 0 N–H and O–H groups in total. The van der Waals surface area contributed by atoms with Crippen molar-refractivity contribution >= 4 is 20.8 Å². The SMILES string of the molecule is CC1CCCCN1S(=O)(=O)c1cccc2cnccc12. The summed E-state index contributed by atoms with van der Waals surface area (Å²) in [6, 6.07) is 7.22. The first-order valence-corrected chi connectivity index (χ1v) is 8.39. The molecule has 0 radical (unpaired) electrons. The molecule has 2 aromatic rings. The largest absolute Gasteiger partial charge is 0.264 e. The summed E-state index contributed by atoms with van der Waals surface area (Å²) in [5, 5.41) is 1.61. The van der Waals surface area contributed by atoms with Crippen LogP contribution in [0.4, 0.5) is 0 Å². The zero-order chi connectivity index (χ0) is 14.2. The smallest absolute Gasteiger partial charge is 0.243 e. The molecule has 1 fully saturated rings. The third kappa shape index (κ3) is 2.21. The number of hydrogen-bond donors (Lipinski definition) is 0. The van der Waals surface area contributed by atoms with E-state index < -0.39 is 10.0 Å². The van der Waals surface area contributed by atoms with Crippen molar-refractivity contribution in [3.63, 3.8) is 0 Å². The minimum absolute atomic E-state index is 0.0749. The second kappa shape index (κ2) is 5.14. The van der Waals surface area contributed by atoms with E-state index in [0.29, 0.717) is 11.4 Å².